The van der Waals surface area contributed by atoms with Gasteiger partial charge in [0, 0.05) is 31.2 Å². The summed E-state index contributed by atoms with van der Waals surface area (Å²) in [6.07, 6.45) is 2.16. The van der Waals surface area contributed by atoms with Crippen LogP contribution in [0.25, 0.3) is 0 Å². The summed E-state index contributed by atoms with van der Waals surface area (Å²) in [5.74, 6) is 0.387. The van der Waals surface area contributed by atoms with Gasteiger partial charge in [-0.15, -0.1) is 0 Å². The summed E-state index contributed by atoms with van der Waals surface area (Å²) in [4.78, 5) is 17.1. The monoisotopic (exact) mass is 381 g/mol. The maximum absolute atomic E-state index is 12.6. The topological polar surface area (TPSA) is 55.8 Å². The van der Waals surface area contributed by atoms with E-state index in [4.69, 9.17) is 0 Å². The Hall–Kier alpha value is -2.53. The number of phenolic OH excluding ortho intramolecular Hbond substituents is 1. The van der Waals surface area contributed by atoms with Gasteiger partial charge in [-0.25, -0.2) is 0 Å². The number of likely N-dealkylation sites (N-methyl/N-ethyl adjacent to an activating group) is 2. The van der Waals surface area contributed by atoms with Crippen molar-refractivity contribution in [3.63, 3.8) is 0 Å². The maximum atomic E-state index is 12.6. The second-order valence-electron chi connectivity index (χ2n) is 7.74. The smallest absolute Gasteiger partial charge is 0.220 e. The van der Waals surface area contributed by atoms with Gasteiger partial charge in [-0.1, -0.05) is 30.3 Å². The molecule has 2 aromatic rings. The largest absolute Gasteiger partial charge is 0.508 e. The van der Waals surface area contributed by atoms with Gasteiger partial charge in [0.1, 0.15) is 5.75 Å². The fourth-order valence-corrected chi connectivity index (χ4v) is 3.92. The van der Waals surface area contributed by atoms with Crippen LogP contribution < -0.4 is 10.2 Å². The second-order valence-corrected chi connectivity index (χ2v) is 7.74. The number of carbonyl (C=O) groups excluding carboxylic acids is 1. The van der Waals surface area contributed by atoms with Crippen LogP contribution in [0.15, 0.2) is 48.5 Å². The number of carbonyl (C=O) groups is 1. The number of nitrogens with zero attached hydrogens (tertiary/aromatic N) is 2. The fourth-order valence-electron chi connectivity index (χ4n) is 3.92. The van der Waals surface area contributed by atoms with E-state index in [1.165, 1.54) is 16.8 Å². The number of rotatable bonds is 8. The Morgan fingerprint density at radius 3 is 2.61 bits per heavy atom. The lowest BCUT2D eigenvalue weighted by Gasteiger charge is -2.25. The molecule has 3 rings (SSSR count). The standard InChI is InChI=1S/C23H31N3O2/c1-4-26-16-21(20-7-5-6-8-22(20)26)24-23(28)14-11-18(25(2)3)15-17-9-12-19(27)13-10-17/h5-10,12-13,18,21,27H,4,11,14-16H2,1-3H3,(H,24,28)/t18-,21?/m1/s1. The van der Waals surface area contributed by atoms with E-state index in [-0.39, 0.29) is 23.7 Å². The number of hydrogen-bond acceptors (Lipinski definition) is 4. The van der Waals surface area contributed by atoms with Gasteiger partial charge in [0.05, 0.1) is 6.04 Å². The van der Waals surface area contributed by atoms with Crippen molar-refractivity contribution in [3.8, 4) is 5.75 Å². The highest BCUT2D eigenvalue weighted by atomic mass is 16.3. The molecule has 1 aliphatic heterocycles. The van der Waals surface area contributed by atoms with Crippen molar-refractivity contribution in [2.45, 2.75) is 38.3 Å². The van der Waals surface area contributed by atoms with Gasteiger partial charge in [-0.2, -0.15) is 0 Å². The Balaban J connectivity index is 1.56. The first-order valence-corrected chi connectivity index (χ1v) is 10.1. The molecule has 1 amide bonds. The van der Waals surface area contributed by atoms with E-state index in [2.05, 4.69) is 54.3 Å². The highest BCUT2D eigenvalue weighted by Crippen LogP contribution is 2.34. The zero-order valence-corrected chi connectivity index (χ0v) is 17.1. The lowest BCUT2D eigenvalue weighted by atomic mass is 10.0. The van der Waals surface area contributed by atoms with Crippen molar-refractivity contribution in [1.29, 1.82) is 0 Å². The lowest BCUT2D eigenvalue weighted by Crippen LogP contribution is -2.35. The van der Waals surface area contributed by atoms with Crippen molar-refractivity contribution < 1.29 is 9.90 Å². The third kappa shape index (κ3) is 4.84. The SMILES string of the molecule is CCN1CC(NC(=O)CC[C@H](Cc2ccc(O)cc2)N(C)C)c2ccccc21. The third-order valence-corrected chi connectivity index (χ3v) is 5.62. The predicted octanol–water partition coefficient (Wildman–Crippen LogP) is 3.34. The van der Waals surface area contributed by atoms with Gasteiger partial charge in [-0.05, 0) is 63.2 Å². The molecular weight excluding hydrogens is 350 g/mol. The molecule has 0 fully saturated rings. The Morgan fingerprint density at radius 2 is 1.93 bits per heavy atom. The summed E-state index contributed by atoms with van der Waals surface area (Å²) >= 11 is 0. The van der Waals surface area contributed by atoms with Gasteiger partial charge in [0.15, 0.2) is 0 Å². The van der Waals surface area contributed by atoms with E-state index in [1.54, 1.807) is 12.1 Å². The molecule has 0 aliphatic carbocycles. The molecule has 0 radical (unpaired) electrons. The van der Waals surface area contributed by atoms with Crippen molar-refractivity contribution in [1.82, 2.24) is 10.2 Å². The number of fused-ring (bicyclic) bond motifs is 1. The van der Waals surface area contributed by atoms with Crippen LogP contribution in [0.2, 0.25) is 0 Å². The molecule has 150 valence electrons. The van der Waals surface area contributed by atoms with E-state index in [9.17, 15) is 9.90 Å². The van der Waals surface area contributed by atoms with Crippen LogP contribution in [0, 0.1) is 0 Å². The molecule has 0 saturated carbocycles. The van der Waals surface area contributed by atoms with Crippen molar-refractivity contribution in [3.05, 3.63) is 59.7 Å². The van der Waals surface area contributed by atoms with Crippen LogP contribution in [-0.2, 0) is 11.2 Å². The molecule has 28 heavy (non-hydrogen) atoms. The Morgan fingerprint density at radius 1 is 1.21 bits per heavy atom. The summed E-state index contributed by atoms with van der Waals surface area (Å²) < 4.78 is 0. The molecule has 0 spiro atoms. The summed E-state index contributed by atoms with van der Waals surface area (Å²) in [5, 5.41) is 12.7. The summed E-state index contributed by atoms with van der Waals surface area (Å²) in [6, 6.07) is 16.0. The summed E-state index contributed by atoms with van der Waals surface area (Å²) in [7, 11) is 4.10. The Kier molecular flexibility index (Phi) is 6.57. The highest BCUT2D eigenvalue weighted by molar-refractivity contribution is 5.77. The number of benzene rings is 2. The Labute approximate surface area is 168 Å². The third-order valence-electron chi connectivity index (χ3n) is 5.62. The molecule has 0 saturated heterocycles. The predicted molar refractivity (Wildman–Crippen MR) is 114 cm³/mol. The fraction of sp³-hybridized carbons (Fsp3) is 0.435. The van der Waals surface area contributed by atoms with E-state index in [0.29, 0.717) is 6.42 Å². The van der Waals surface area contributed by atoms with Crippen LogP contribution >= 0.6 is 0 Å². The maximum Gasteiger partial charge on any atom is 0.220 e. The molecule has 1 unspecified atom stereocenters. The Bertz CT molecular complexity index is 789. The number of para-hydroxylation sites is 1. The van der Waals surface area contributed by atoms with E-state index in [1.807, 2.05) is 18.2 Å². The van der Waals surface area contributed by atoms with Gasteiger partial charge in [-0.3, -0.25) is 4.79 Å². The molecular formula is C23H31N3O2. The molecule has 1 heterocycles. The van der Waals surface area contributed by atoms with Crippen LogP contribution in [0.3, 0.4) is 0 Å². The normalized spacial score (nSPS) is 16.9. The minimum absolute atomic E-state index is 0.0681. The highest BCUT2D eigenvalue weighted by Gasteiger charge is 2.28. The number of anilines is 1. The zero-order chi connectivity index (χ0) is 20.1. The molecule has 1 aliphatic rings. The molecule has 0 bridgehead atoms. The number of hydrogen-bond donors (Lipinski definition) is 2. The first kappa shape index (κ1) is 20.2. The van der Waals surface area contributed by atoms with E-state index >= 15 is 0 Å². The first-order valence-electron chi connectivity index (χ1n) is 10.1. The number of phenols is 1. The van der Waals surface area contributed by atoms with Gasteiger partial charge in [0.25, 0.3) is 0 Å². The number of nitrogens with one attached hydrogen (secondary N) is 1. The average molecular weight is 382 g/mol. The van der Waals surface area contributed by atoms with Gasteiger partial charge >= 0.3 is 0 Å². The van der Waals surface area contributed by atoms with E-state index in [0.717, 1.165) is 25.9 Å². The molecule has 5 nitrogen and oxygen atoms in total. The second kappa shape index (κ2) is 9.11. The minimum atomic E-state index is 0.0681. The van der Waals surface area contributed by atoms with Crippen LogP contribution in [0.4, 0.5) is 5.69 Å². The van der Waals surface area contributed by atoms with E-state index < -0.39 is 0 Å². The molecule has 2 aromatic carbocycles. The van der Waals surface area contributed by atoms with Crippen LogP contribution in [-0.4, -0.2) is 49.1 Å². The summed E-state index contributed by atoms with van der Waals surface area (Å²) in [5.41, 5.74) is 3.61. The zero-order valence-electron chi connectivity index (χ0n) is 17.1. The van der Waals surface area contributed by atoms with Crippen molar-refractivity contribution >= 4 is 11.6 Å². The minimum Gasteiger partial charge on any atom is -0.508 e. The van der Waals surface area contributed by atoms with Gasteiger partial charge in [0.2, 0.25) is 5.91 Å². The van der Waals surface area contributed by atoms with Crippen molar-refractivity contribution in [2.24, 2.45) is 0 Å². The van der Waals surface area contributed by atoms with Crippen LogP contribution in [0.5, 0.6) is 5.75 Å². The number of aromatic hydroxyl groups is 1. The van der Waals surface area contributed by atoms with Crippen molar-refractivity contribution in [2.75, 3.05) is 32.1 Å². The molecule has 5 heteroatoms. The van der Waals surface area contributed by atoms with Crippen LogP contribution in [0.1, 0.15) is 36.9 Å². The quantitative estimate of drug-likeness (QED) is 0.736. The van der Waals surface area contributed by atoms with Gasteiger partial charge < -0.3 is 20.2 Å². The number of amides is 1. The lowest BCUT2D eigenvalue weighted by molar-refractivity contribution is -0.122. The first-order chi connectivity index (χ1) is 13.5. The average Bonchev–Trinajstić information content (AvgIpc) is 3.04. The molecule has 2 N–H and O–H groups in total. The molecule has 2 atom stereocenters. The summed E-state index contributed by atoms with van der Waals surface area (Å²) in [6.45, 7) is 3.93. The molecule has 0 aromatic heterocycles.